The average Bonchev–Trinajstić information content (AvgIpc) is 2.25. The van der Waals surface area contributed by atoms with Crippen molar-refractivity contribution in [1.82, 2.24) is 4.98 Å². The lowest BCUT2D eigenvalue weighted by Crippen LogP contribution is -2.26. The van der Waals surface area contributed by atoms with Crippen molar-refractivity contribution in [3.8, 4) is 0 Å². The Labute approximate surface area is 99.8 Å². The molecule has 1 aliphatic rings. The molecule has 1 unspecified atom stereocenters. The summed E-state index contributed by atoms with van der Waals surface area (Å²) in [6.07, 6.45) is 4.27. The lowest BCUT2D eigenvalue weighted by Gasteiger charge is -2.24. The van der Waals surface area contributed by atoms with Gasteiger partial charge in [0, 0.05) is 18.0 Å². The Morgan fingerprint density at radius 3 is 3.13 bits per heavy atom. The SMILES string of the molecule is Cc1ccnc(Cl)c1NC1CCCSC1. The van der Waals surface area contributed by atoms with Crippen molar-refractivity contribution < 1.29 is 0 Å². The molecule has 4 heteroatoms. The summed E-state index contributed by atoms with van der Waals surface area (Å²) in [5.74, 6) is 2.46. The highest BCUT2D eigenvalue weighted by atomic mass is 35.5. The van der Waals surface area contributed by atoms with Crippen LogP contribution >= 0.6 is 23.4 Å². The van der Waals surface area contributed by atoms with Gasteiger partial charge in [0.2, 0.25) is 0 Å². The maximum Gasteiger partial charge on any atom is 0.152 e. The molecule has 0 amide bonds. The fourth-order valence-corrected chi connectivity index (χ4v) is 3.09. The maximum atomic E-state index is 6.07. The Kier molecular flexibility index (Phi) is 3.76. The van der Waals surface area contributed by atoms with Crippen LogP contribution < -0.4 is 5.32 Å². The average molecular weight is 243 g/mol. The van der Waals surface area contributed by atoms with Gasteiger partial charge in [-0.25, -0.2) is 4.98 Å². The van der Waals surface area contributed by atoms with Crippen LogP contribution in [0.2, 0.25) is 5.15 Å². The zero-order chi connectivity index (χ0) is 10.7. The third-order valence-electron chi connectivity index (χ3n) is 2.62. The minimum atomic E-state index is 0.546. The van der Waals surface area contributed by atoms with Crippen LogP contribution in [0.5, 0.6) is 0 Å². The highest BCUT2D eigenvalue weighted by Crippen LogP contribution is 2.27. The van der Waals surface area contributed by atoms with E-state index < -0.39 is 0 Å². The van der Waals surface area contributed by atoms with Gasteiger partial charge in [-0.05, 0) is 37.1 Å². The lowest BCUT2D eigenvalue weighted by molar-refractivity contribution is 0.684. The summed E-state index contributed by atoms with van der Waals surface area (Å²) < 4.78 is 0. The molecule has 82 valence electrons. The van der Waals surface area contributed by atoms with E-state index >= 15 is 0 Å². The molecule has 2 nitrogen and oxygen atoms in total. The summed E-state index contributed by atoms with van der Waals surface area (Å²) >= 11 is 8.08. The predicted molar refractivity (Wildman–Crippen MR) is 68.0 cm³/mol. The highest BCUT2D eigenvalue weighted by molar-refractivity contribution is 7.99. The molecule has 0 spiro atoms. The van der Waals surface area contributed by atoms with Crippen LogP contribution in [0.15, 0.2) is 12.3 Å². The predicted octanol–water partition coefficient (Wildman–Crippen LogP) is 3.35. The van der Waals surface area contributed by atoms with Gasteiger partial charge in [-0.3, -0.25) is 0 Å². The third kappa shape index (κ3) is 2.79. The van der Waals surface area contributed by atoms with Crippen LogP contribution in [-0.2, 0) is 0 Å². The van der Waals surface area contributed by atoms with E-state index in [0.717, 1.165) is 5.69 Å². The second-order valence-electron chi connectivity index (χ2n) is 3.85. The van der Waals surface area contributed by atoms with Gasteiger partial charge in [0.05, 0.1) is 5.69 Å². The van der Waals surface area contributed by atoms with Gasteiger partial charge < -0.3 is 5.32 Å². The second-order valence-corrected chi connectivity index (χ2v) is 5.36. The zero-order valence-corrected chi connectivity index (χ0v) is 10.4. The van der Waals surface area contributed by atoms with Crippen LogP contribution in [0.1, 0.15) is 18.4 Å². The van der Waals surface area contributed by atoms with Gasteiger partial charge in [0.25, 0.3) is 0 Å². The number of hydrogen-bond acceptors (Lipinski definition) is 3. The van der Waals surface area contributed by atoms with Crippen LogP contribution in [0.3, 0.4) is 0 Å². The van der Waals surface area contributed by atoms with Gasteiger partial charge in [-0.15, -0.1) is 0 Å². The molecule has 1 aliphatic heterocycles. The first-order valence-corrected chi connectivity index (χ1v) is 6.76. The van der Waals surface area contributed by atoms with E-state index in [4.69, 9.17) is 11.6 Å². The molecule has 2 rings (SSSR count). The monoisotopic (exact) mass is 242 g/mol. The topological polar surface area (TPSA) is 24.9 Å². The first-order valence-electron chi connectivity index (χ1n) is 5.23. The Hall–Kier alpha value is -0.410. The third-order valence-corrected chi connectivity index (χ3v) is 4.12. The maximum absolute atomic E-state index is 6.07. The Morgan fingerprint density at radius 1 is 1.60 bits per heavy atom. The van der Waals surface area contributed by atoms with Gasteiger partial charge in [0.15, 0.2) is 5.15 Å². The van der Waals surface area contributed by atoms with Crippen molar-refractivity contribution in [2.75, 3.05) is 16.8 Å². The zero-order valence-electron chi connectivity index (χ0n) is 8.79. The van der Waals surface area contributed by atoms with E-state index in [1.807, 2.05) is 17.8 Å². The summed E-state index contributed by atoms with van der Waals surface area (Å²) in [6, 6.07) is 2.54. The van der Waals surface area contributed by atoms with Gasteiger partial charge in [-0.2, -0.15) is 11.8 Å². The Balaban J connectivity index is 2.09. The molecule has 1 N–H and O–H groups in total. The van der Waals surface area contributed by atoms with Crippen molar-refractivity contribution in [3.05, 3.63) is 23.0 Å². The highest BCUT2D eigenvalue weighted by Gasteiger charge is 2.15. The molecule has 0 saturated carbocycles. The lowest BCUT2D eigenvalue weighted by atomic mass is 10.1. The van der Waals surface area contributed by atoms with E-state index in [9.17, 15) is 0 Å². The fraction of sp³-hybridized carbons (Fsp3) is 0.545. The second kappa shape index (κ2) is 5.08. The van der Waals surface area contributed by atoms with Crippen molar-refractivity contribution >= 4 is 29.1 Å². The van der Waals surface area contributed by atoms with Crippen LogP contribution in [-0.4, -0.2) is 22.5 Å². The molecular weight excluding hydrogens is 228 g/mol. The summed E-state index contributed by atoms with van der Waals surface area (Å²) in [5, 5.41) is 4.09. The van der Waals surface area contributed by atoms with E-state index in [1.165, 1.54) is 29.9 Å². The van der Waals surface area contributed by atoms with Crippen LogP contribution in [0.25, 0.3) is 0 Å². The summed E-state index contributed by atoms with van der Waals surface area (Å²) in [6.45, 7) is 2.06. The molecule has 0 bridgehead atoms. The summed E-state index contributed by atoms with van der Waals surface area (Å²) in [4.78, 5) is 4.10. The Morgan fingerprint density at radius 2 is 2.47 bits per heavy atom. The fourth-order valence-electron chi connectivity index (χ4n) is 1.76. The molecule has 1 saturated heterocycles. The smallest absolute Gasteiger partial charge is 0.152 e. The minimum Gasteiger partial charge on any atom is -0.379 e. The molecule has 1 fully saturated rings. The first kappa shape index (κ1) is 11.1. The van der Waals surface area contributed by atoms with E-state index in [1.54, 1.807) is 6.20 Å². The Bertz CT molecular complexity index is 317. The number of nitrogens with zero attached hydrogens (tertiary/aromatic N) is 1. The number of rotatable bonds is 2. The van der Waals surface area contributed by atoms with Crippen molar-refractivity contribution in [2.45, 2.75) is 25.8 Å². The molecule has 0 aromatic carbocycles. The summed E-state index contributed by atoms with van der Waals surface area (Å²) in [5.41, 5.74) is 2.18. The molecule has 0 radical (unpaired) electrons. The van der Waals surface area contributed by atoms with E-state index in [-0.39, 0.29) is 0 Å². The first-order chi connectivity index (χ1) is 7.27. The van der Waals surface area contributed by atoms with Crippen molar-refractivity contribution in [2.24, 2.45) is 0 Å². The molecule has 15 heavy (non-hydrogen) atoms. The van der Waals surface area contributed by atoms with Crippen LogP contribution in [0.4, 0.5) is 5.69 Å². The molecular formula is C11H15ClN2S. The number of anilines is 1. The largest absolute Gasteiger partial charge is 0.379 e. The number of aromatic nitrogens is 1. The van der Waals surface area contributed by atoms with E-state index in [2.05, 4.69) is 17.2 Å². The number of thioether (sulfide) groups is 1. The van der Waals surface area contributed by atoms with Gasteiger partial charge in [-0.1, -0.05) is 11.6 Å². The van der Waals surface area contributed by atoms with Crippen LogP contribution in [0, 0.1) is 6.92 Å². The normalized spacial score (nSPS) is 21.3. The molecule has 1 atom stereocenters. The number of pyridine rings is 1. The number of aryl methyl sites for hydroxylation is 1. The summed E-state index contributed by atoms with van der Waals surface area (Å²) in [7, 11) is 0. The molecule has 1 aromatic heterocycles. The van der Waals surface area contributed by atoms with Crippen molar-refractivity contribution in [3.63, 3.8) is 0 Å². The standard InChI is InChI=1S/C11H15ClN2S/c1-8-4-5-13-11(12)10(8)14-9-3-2-6-15-7-9/h4-5,9,14H,2-3,6-7H2,1H3. The molecule has 2 heterocycles. The van der Waals surface area contributed by atoms with E-state index in [0.29, 0.717) is 11.2 Å². The van der Waals surface area contributed by atoms with Gasteiger partial charge >= 0.3 is 0 Å². The number of halogens is 1. The number of hydrogen-bond donors (Lipinski definition) is 1. The molecule has 1 aromatic rings. The van der Waals surface area contributed by atoms with Gasteiger partial charge in [0.1, 0.15) is 0 Å². The number of nitrogens with one attached hydrogen (secondary N) is 1. The quantitative estimate of drug-likeness (QED) is 0.806. The molecule has 0 aliphatic carbocycles. The van der Waals surface area contributed by atoms with Crippen molar-refractivity contribution in [1.29, 1.82) is 0 Å². The minimum absolute atomic E-state index is 0.546.